The number of halogens is 2. The molecule has 4 heteroatoms. The SMILES string of the molecule is CC(O)c1cc(Br)ccc1OCc1cccc(Cl)c1. The van der Waals surface area contributed by atoms with Crippen LogP contribution < -0.4 is 4.74 Å². The van der Waals surface area contributed by atoms with Gasteiger partial charge in [0.1, 0.15) is 12.4 Å². The summed E-state index contributed by atoms with van der Waals surface area (Å²) in [5.74, 6) is 0.679. The van der Waals surface area contributed by atoms with Crippen molar-refractivity contribution in [1.29, 1.82) is 0 Å². The Morgan fingerprint density at radius 1 is 1.26 bits per heavy atom. The van der Waals surface area contributed by atoms with Crippen LogP contribution in [-0.4, -0.2) is 5.11 Å². The van der Waals surface area contributed by atoms with Crippen LogP contribution in [0.3, 0.4) is 0 Å². The van der Waals surface area contributed by atoms with Crippen molar-refractivity contribution in [2.45, 2.75) is 19.6 Å². The number of rotatable bonds is 4. The molecular weight excluding hydrogens is 328 g/mol. The van der Waals surface area contributed by atoms with E-state index in [2.05, 4.69) is 15.9 Å². The third-order valence-corrected chi connectivity index (χ3v) is 3.43. The van der Waals surface area contributed by atoms with E-state index in [1.165, 1.54) is 0 Å². The highest BCUT2D eigenvalue weighted by atomic mass is 79.9. The summed E-state index contributed by atoms with van der Waals surface area (Å²) in [5, 5.41) is 10.4. The summed E-state index contributed by atoms with van der Waals surface area (Å²) in [6.07, 6.45) is -0.577. The standard InChI is InChI=1S/C15H14BrClO2/c1-10(18)14-8-12(16)5-6-15(14)19-9-11-3-2-4-13(17)7-11/h2-8,10,18H,9H2,1H3. The molecular formula is C15H14BrClO2. The summed E-state index contributed by atoms with van der Waals surface area (Å²) in [6.45, 7) is 2.13. The van der Waals surface area contributed by atoms with Crippen LogP contribution in [0.25, 0.3) is 0 Å². The highest BCUT2D eigenvalue weighted by molar-refractivity contribution is 9.10. The second-order valence-electron chi connectivity index (χ2n) is 4.28. The highest BCUT2D eigenvalue weighted by Crippen LogP contribution is 2.29. The molecule has 2 rings (SSSR count). The summed E-state index contributed by atoms with van der Waals surface area (Å²) < 4.78 is 6.67. The quantitative estimate of drug-likeness (QED) is 0.870. The van der Waals surface area contributed by atoms with Gasteiger partial charge < -0.3 is 9.84 Å². The summed E-state index contributed by atoms with van der Waals surface area (Å²) >= 11 is 9.31. The van der Waals surface area contributed by atoms with E-state index in [0.717, 1.165) is 15.6 Å². The van der Waals surface area contributed by atoms with E-state index in [0.29, 0.717) is 17.4 Å². The molecule has 0 bridgehead atoms. The van der Waals surface area contributed by atoms with Gasteiger partial charge in [-0.2, -0.15) is 0 Å². The van der Waals surface area contributed by atoms with E-state index in [1.807, 2.05) is 42.5 Å². The van der Waals surface area contributed by atoms with Crippen molar-refractivity contribution in [1.82, 2.24) is 0 Å². The van der Waals surface area contributed by atoms with Gasteiger partial charge in [-0.25, -0.2) is 0 Å². The topological polar surface area (TPSA) is 29.5 Å². The van der Waals surface area contributed by atoms with Crippen LogP contribution in [0.5, 0.6) is 5.75 Å². The van der Waals surface area contributed by atoms with Gasteiger partial charge in [-0.05, 0) is 42.8 Å². The third kappa shape index (κ3) is 3.96. The maximum absolute atomic E-state index is 9.75. The van der Waals surface area contributed by atoms with Crippen molar-refractivity contribution in [3.8, 4) is 5.75 Å². The average Bonchev–Trinajstić information content (AvgIpc) is 2.37. The van der Waals surface area contributed by atoms with Gasteiger partial charge in [0.2, 0.25) is 0 Å². The summed E-state index contributed by atoms with van der Waals surface area (Å²) in [6, 6.07) is 13.1. The maximum Gasteiger partial charge on any atom is 0.125 e. The molecule has 2 aromatic rings. The van der Waals surface area contributed by atoms with Gasteiger partial charge in [0, 0.05) is 15.1 Å². The Bertz CT molecular complexity index is 570. The van der Waals surface area contributed by atoms with Crippen molar-refractivity contribution >= 4 is 27.5 Å². The van der Waals surface area contributed by atoms with Gasteiger partial charge in [0.15, 0.2) is 0 Å². The molecule has 0 aliphatic rings. The lowest BCUT2D eigenvalue weighted by atomic mass is 10.1. The van der Waals surface area contributed by atoms with Crippen LogP contribution in [-0.2, 0) is 6.61 Å². The normalized spacial score (nSPS) is 12.2. The molecule has 100 valence electrons. The van der Waals surface area contributed by atoms with Crippen LogP contribution in [0.4, 0.5) is 0 Å². The maximum atomic E-state index is 9.75. The highest BCUT2D eigenvalue weighted by Gasteiger charge is 2.10. The fourth-order valence-electron chi connectivity index (χ4n) is 1.77. The second kappa shape index (κ2) is 6.42. The molecule has 1 N–H and O–H groups in total. The molecule has 0 fully saturated rings. The van der Waals surface area contributed by atoms with Crippen molar-refractivity contribution in [2.24, 2.45) is 0 Å². The lowest BCUT2D eigenvalue weighted by molar-refractivity contribution is 0.190. The average molecular weight is 342 g/mol. The van der Waals surface area contributed by atoms with E-state index >= 15 is 0 Å². The van der Waals surface area contributed by atoms with Gasteiger partial charge in [-0.3, -0.25) is 0 Å². The zero-order chi connectivity index (χ0) is 13.8. The van der Waals surface area contributed by atoms with E-state index in [4.69, 9.17) is 16.3 Å². The largest absolute Gasteiger partial charge is 0.489 e. The summed E-state index contributed by atoms with van der Waals surface area (Å²) in [7, 11) is 0. The molecule has 0 spiro atoms. The fourth-order valence-corrected chi connectivity index (χ4v) is 2.36. The Hall–Kier alpha value is -1.03. The number of aliphatic hydroxyl groups excluding tert-OH is 1. The van der Waals surface area contributed by atoms with E-state index < -0.39 is 6.10 Å². The van der Waals surface area contributed by atoms with Crippen LogP contribution in [0.1, 0.15) is 24.2 Å². The molecule has 0 saturated carbocycles. The molecule has 1 atom stereocenters. The number of hydrogen-bond acceptors (Lipinski definition) is 2. The number of ether oxygens (including phenoxy) is 1. The first-order chi connectivity index (χ1) is 9.06. The Kier molecular flexibility index (Phi) is 4.86. The first-order valence-corrected chi connectivity index (χ1v) is 7.08. The lowest BCUT2D eigenvalue weighted by Crippen LogP contribution is -2.01. The molecule has 0 aliphatic carbocycles. The first-order valence-electron chi connectivity index (χ1n) is 5.91. The first kappa shape index (κ1) is 14.4. The van der Waals surface area contributed by atoms with Crippen LogP contribution in [0.2, 0.25) is 5.02 Å². The fraction of sp³-hybridized carbons (Fsp3) is 0.200. The molecule has 0 aromatic heterocycles. The Balaban J connectivity index is 2.15. The molecule has 1 unspecified atom stereocenters. The summed E-state index contributed by atoms with van der Waals surface area (Å²) in [5.41, 5.74) is 1.75. The van der Waals surface area contributed by atoms with E-state index in [1.54, 1.807) is 6.92 Å². The predicted octanol–water partition coefficient (Wildman–Crippen LogP) is 4.73. The van der Waals surface area contributed by atoms with Gasteiger partial charge >= 0.3 is 0 Å². The zero-order valence-corrected chi connectivity index (χ0v) is 12.8. The van der Waals surface area contributed by atoms with Crippen LogP contribution in [0, 0.1) is 0 Å². The predicted molar refractivity (Wildman–Crippen MR) is 80.6 cm³/mol. The van der Waals surface area contributed by atoms with Crippen LogP contribution >= 0.6 is 27.5 Å². The zero-order valence-electron chi connectivity index (χ0n) is 10.4. The summed E-state index contributed by atoms with van der Waals surface area (Å²) in [4.78, 5) is 0. The van der Waals surface area contributed by atoms with Crippen molar-refractivity contribution < 1.29 is 9.84 Å². The minimum absolute atomic E-state index is 0.419. The molecule has 0 radical (unpaired) electrons. The smallest absolute Gasteiger partial charge is 0.125 e. The van der Waals surface area contributed by atoms with Gasteiger partial charge in [0.05, 0.1) is 6.10 Å². The molecule has 0 amide bonds. The van der Waals surface area contributed by atoms with Crippen molar-refractivity contribution in [3.05, 3.63) is 63.1 Å². The Labute approximate surface area is 126 Å². The Morgan fingerprint density at radius 2 is 2.05 bits per heavy atom. The van der Waals surface area contributed by atoms with Gasteiger partial charge in [0.25, 0.3) is 0 Å². The van der Waals surface area contributed by atoms with Crippen LogP contribution in [0.15, 0.2) is 46.9 Å². The Morgan fingerprint density at radius 3 is 2.74 bits per heavy atom. The number of benzene rings is 2. The minimum Gasteiger partial charge on any atom is -0.489 e. The van der Waals surface area contributed by atoms with Crippen molar-refractivity contribution in [2.75, 3.05) is 0 Å². The minimum atomic E-state index is -0.577. The molecule has 0 heterocycles. The lowest BCUT2D eigenvalue weighted by Gasteiger charge is -2.14. The molecule has 2 nitrogen and oxygen atoms in total. The van der Waals surface area contributed by atoms with E-state index in [9.17, 15) is 5.11 Å². The number of hydrogen-bond donors (Lipinski definition) is 1. The molecule has 0 saturated heterocycles. The monoisotopic (exact) mass is 340 g/mol. The van der Waals surface area contributed by atoms with Gasteiger partial charge in [-0.15, -0.1) is 0 Å². The second-order valence-corrected chi connectivity index (χ2v) is 5.63. The molecule has 19 heavy (non-hydrogen) atoms. The molecule has 2 aromatic carbocycles. The van der Waals surface area contributed by atoms with Gasteiger partial charge in [-0.1, -0.05) is 39.7 Å². The van der Waals surface area contributed by atoms with Crippen molar-refractivity contribution in [3.63, 3.8) is 0 Å². The van der Waals surface area contributed by atoms with E-state index in [-0.39, 0.29) is 0 Å². The number of aliphatic hydroxyl groups is 1. The molecule has 0 aliphatic heterocycles. The third-order valence-electron chi connectivity index (χ3n) is 2.71.